The molecule has 8 heteroatoms. The Bertz CT molecular complexity index is 1030. The van der Waals surface area contributed by atoms with Crippen LogP contribution in [0.3, 0.4) is 0 Å². The minimum atomic E-state index is -1.30. The molecule has 3 aromatic rings. The Balaban J connectivity index is 1.85. The van der Waals surface area contributed by atoms with E-state index in [4.69, 9.17) is 0 Å². The second kappa shape index (κ2) is 5.52. The summed E-state index contributed by atoms with van der Waals surface area (Å²) in [7, 11) is 0. The van der Waals surface area contributed by atoms with Gasteiger partial charge in [0.2, 0.25) is 5.95 Å². The van der Waals surface area contributed by atoms with Crippen molar-refractivity contribution < 1.29 is 18.4 Å². The number of nitrogens with zero attached hydrogens (tertiary/aromatic N) is 3. The molecule has 1 aromatic heterocycles. The average molecular weight is 338 g/mol. The maximum Gasteiger partial charge on any atom is 0.315 e. The summed E-state index contributed by atoms with van der Waals surface area (Å²) in [5.41, 5.74) is 1.06. The van der Waals surface area contributed by atoms with Gasteiger partial charge in [-0.3, -0.25) is 9.59 Å². The number of carbonyl (C=O) groups is 2. The van der Waals surface area contributed by atoms with Crippen molar-refractivity contribution in [2.24, 2.45) is 0 Å². The normalized spacial score (nSPS) is 12.6. The van der Waals surface area contributed by atoms with Gasteiger partial charge in [-0.1, -0.05) is 36.4 Å². The molecule has 0 unspecified atom stereocenters. The van der Waals surface area contributed by atoms with E-state index in [9.17, 15) is 18.4 Å². The lowest BCUT2D eigenvalue weighted by Gasteiger charge is -2.20. The third kappa shape index (κ3) is 2.44. The van der Waals surface area contributed by atoms with E-state index in [0.717, 1.165) is 0 Å². The number of halogens is 2. The molecule has 0 radical (unpaired) electrons. The summed E-state index contributed by atoms with van der Waals surface area (Å²) >= 11 is 0. The predicted molar refractivity (Wildman–Crippen MR) is 82.8 cm³/mol. The summed E-state index contributed by atoms with van der Waals surface area (Å²) in [5, 5.41) is 2.58. The van der Waals surface area contributed by atoms with Crippen molar-refractivity contribution >= 4 is 23.2 Å². The summed E-state index contributed by atoms with van der Waals surface area (Å²) in [5.74, 6) is -1.08. The highest BCUT2D eigenvalue weighted by Crippen LogP contribution is 2.32. The molecule has 0 fully saturated rings. The van der Waals surface area contributed by atoms with Crippen LogP contribution in [0.1, 0.15) is 31.8 Å². The first-order valence-corrected chi connectivity index (χ1v) is 7.20. The Morgan fingerprint density at radius 1 is 0.720 bits per heavy atom. The summed E-state index contributed by atoms with van der Waals surface area (Å²) in [6.07, 6.45) is -2.60. The third-order valence-corrected chi connectivity index (χ3v) is 3.78. The van der Waals surface area contributed by atoms with Crippen molar-refractivity contribution in [1.82, 2.24) is 15.0 Å². The van der Waals surface area contributed by atoms with Gasteiger partial charge in [-0.05, 0) is 6.07 Å². The second-order valence-corrected chi connectivity index (χ2v) is 5.25. The highest BCUT2D eigenvalue weighted by Gasteiger charge is 2.31. The number of benzene rings is 2. The Morgan fingerprint density at radius 3 is 2.00 bits per heavy atom. The highest BCUT2D eigenvalue weighted by atomic mass is 19.1. The fraction of sp³-hybridized carbons (Fsp3) is 0. The summed E-state index contributed by atoms with van der Waals surface area (Å²) in [4.78, 5) is 34.9. The molecule has 1 heterocycles. The molecule has 1 aliphatic rings. The number of nitrogens with one attached hydrogen (secondary N) is 1. The lowest BCUT2D eigenvalue weighted by atomic mass is 9.83. The van der Waals surface area contributed by atoms with Crippen LogP contribution in [0.5, 0.6) is 0 Å². The molecule has 0 amide bonds. The molecule has 0 saturated carbocycles. The average Bonchev–Trinajstić information content (AvgIpc) is 2.59. The van der Waals surface area contributed by atoms with Crippen LogP contribution in [-0.2, 0) is 0 Å². The van der Waals surface area contributed by atoms with Crippen LogP contribution in [0.15, 0.2) is 42.5 Å². The van der Waals surface area contributed by atoms with E-state index in [-0.39, 0.29) is 33.9 Å². The number of fused-ring (bicyclic) bond motifs is 2. The number of anilines is 2. The number of carbonyl (C=O) groups excluding carboxylic acids is 2. The van der Waals surface area contributed by atoms with Crippen molar-refractivity contribution in [3.05, 3.63) is 76.9 Å². The third-order valence-electron chi connectivity index (χ3n) is 3.78. The first-order chi connectivity index (χ1) is 12.0. The molecule has 0 spiro atoms. The number of hydrogen-bond donors (Lipinski definition) is 1. The Morgan fingerprint density at radius 2 is 1.32 bits per heavy atom. The lowest BCUT2D eigenvalue weighted by Crippen LogP contribution is -2.22. The monoisotopic (exact) mass is 338 g/mol. The number of rotatable bonds is 2. The van der Waals surface area contributed by atoms with Gasteiger partial charge in [0.1, 0.15) is 0 Å². The van der Waals surface area contributed by atoms with Gasteiger partial charge in [-0.15, -0.1) is 0 Å². The largest absolute Gasteiger partial charge is 0.323 e. The van der Waals surface area contributed by atoms with Crippen molar-refractivity contribution in [1.29, 1.82) is 0 Å². The molecule has 0 saturated heterocycles. The quantitative estimate of drug-likeness (QED) is 0.605. The molecule has 0 bridgehead atoms. The van der Waals surface area contributed by atoms with Crippen molar-refractivity contribution in [2.45, 2.75) is 0 Å². The molecule has 1 aliphatic carbocycles. The van der Waals surface area contributed by atoms with Crippen LogP contribution in [0.4, 0.5) is 20.4 Å². The van der Waals surface area contributed by atoms with Gasteiger partial charge in [0, 0.05) is 16.7 Å². The van der Waals surface area contributed by atoms with Crippen LogP contribution in [-0.4, -0.2) is 26.5 Å². The first kappa shape index (κ1) is 15.0. The van der Waals surface area contributed by atoms with Crippen LogP contribution >= 0.6 is 0 Å². The van der Waals surface area contributed by atoms with Gasteiger partial charge < -0.3 is 5.32 Å². The SMILES string of the molecule is O=C1c2ccccc2C(=O)c2c(Nc3nc(F)nc(F)n3)cccc21. The van der Waals surface area contributed by atoms with Gasteiger partial charge in [0.15, 0.2) is 11.6 Å². The van der Waals surface area contributed by atoms with Crippen molar-refractivity contribution in [2.75, 3.05) is 5.32 Å². The maximum absolute atomic E-state index is 13.1. The van der Waals surface area contributed by atoms with Crippen LogP contribution in [0.2, 0.25) is 0 Å². The van der Waals surface area contributed by atoms with Gasteiger partial charge in [0.25, 0.3) is 0 Å². The summed E-state index contributed by atoms with van der Waals surface area (Å²) in [6.45, 7) is 0. The fourth-order valence-corrected chi connectivity index (χ4v) is 2.75. The Labute approximate surface area is 139 Å². The second-order valence-electron chi connectivity index (χ2n) is 5.25. The molecule has 25 heavy (non-hydrogen) atoms. The fourth-order valence-electron chi connectivity index (χ4n) is 2.75. The Kier molecular flexibility index (Phi) is 3.31. The van der Waals surface area contributed by atoms with E-state index >= 15 is 0 Å². The molecule has 0 atom stereocenters. The van der Waals surface area contributed by atoms with Crippen molar-refractivity contribution in [3.8, 4) is 0 Å². The van der Waals surface area contributed by atoms with E-state index in [0.29, 0.717) is 5.56 Å². The number of hydrogen-bond acceptors (Lipinski definition) is 6. The molecule has 4 rings (SSSR count). The van der Waals surface area contributed by atoms with E-state index in [2.05, 4.69) is 20.3 Å². The minimum Gasteiger partial charge on any atom is -0.323 e. The molecule has 1 N–H and O–H groups in total. The standard InChI is InChI=1S/C17H8F2N4O2/c18-15-21-16(19)23-17(22-15)20-11-7-3-6-10-12(11)14(25)9-5-2-1-4-8(9)13(10)24/h1-7H,(H,20,21,22,23). The van der Waals surface area contributed by atoms with Gasteiger partial charge >= 0.3 is 12.2 Å². The van der Waals surface area contributed by atoms with E-state index in [1.54, 1.807) is 30.3 Å². The van der Waals surface area contributed by atoms with Crippen molar-refractivity contribution in [3.63, 3.8) is 0 Å². The zero-order chi connectivity index (χ0) is 17.6. The highest BCUT2D eigenvalue weighted by molar-refractivity contribution is 6.30. The zero-order valence-corrected chi connectivity index (χ0v) is 12.5. The molecular weight excluding hydrogens is 330 g/mol. The van der Waals surface area contributed by atoms with E-state index < -0.39 is 18.1 Å². The molecule has 6 nitrogen and oxygen atoms in total. The van der Waals surface area contributed by atoms with Crippen LogP contribution in [0, 0.1) is 12.2 Å². The summed E-state index contributed by atoms with van der Waals surface area (Å²) < 4.78 is 26.3. The van der Waals surface area contributed by atoms with Gasteiger partial charge in [0.05, 0.1) is 11.3 Å². The first-order valence-electron chi connectivity index (χ1n) is 7.20. The summed E-state index contributed by atoms with van der Waals surface area (Å²) in [6, 6.07) is 11.0. The molecule has 122 valence electrons. The molecule has 0 aliphatic heterocycles. The van der Waals surface area contributed by atoms with Crippen LogP contribution in [0.25, 0.3) is 0 Å². The van der Waals surface area contributed by atoms with E-state index in [1.807, 2.05) is 0 Å². The number of aromatic nitrogens is 3. The molecular formula is C17H8F2N4O2. The smallest absolute Gasteiger partial charge is 0.315 e. The lowest BCUT2D eigenvalue weighted by molar-refractivity contribution is 0.0979. The Hall–Kier alpha value is -3.55. The zero-order valence-electron chi connectivity index (χ0n) is 12.5. The predicted octanol–water partition coefficient (Wildman–Crippen LogP) is 2.67. The minimum absolute atomic E-state index is 0.104. The van der Waals surface area contributed by atoms with Gasteiger partial charge in [-0.2, -0.15) is 23.7 Å². The topological polar surface area (TPSA) is 84.8 Å². The van der Waals surface area contributed by atoms with Gasteiger partial charge in [-0.25, -0.2) is 0 Å². The van der Waals surface area contributed by atoms with E-state index in [1.165, 1.54) is 12.1 Å². The number of ketones is 2. The van der Waals surface area contributed by atoms with Crippen LogP contribution < -0.4 is 5.32 Å². The maximum atomic E-state index is 13.1. The molecule has 2 aromatic carbocycles.